The molecule has 1 aromatic rings. The molecule has 0 aromatic heterocycles. The fourth-order valence-electron chi connectivity index (χ4n) is 2.17. The van der Waals surface area contributed by atoms with E-state index in [9.17, 15) is 4.79 Å². The molecule has 100 valence electrons. The molecule has 1 atom stereocenters. The number of nitrogens with one attached hydrogen (secondary N) is 1. The Kier molecular flexibility index (Phi) is 5.63. The number of rotatable bonds is 1. The van der Waals surface area contributed by atoms with Gasteiger partial charge < -0.3 is 10.2 Å². The zero-order valence-electron chi connectivity index (χ0n) is 10.6. The van der Waals surface area contributed by atoms with Gasteiger partial charge in [-0.25, -0.2) is 0 Å². The fourth-order valence-corrected chi connectivity index (χ4v) is 2.78. The molecular weight excluding hydrogens is 316 g/mol. The van der Waals surface area contributed by atoms with Crippen LogP contribution in [0.4, 0.5) is 0 Å². The van der Waals surface area contributed by atoms with E-state index in [0.717, 1.165) is 35.2 Å². The van der Waals surface area contributed by atoms with Crippen molar-refractivity contribution in [1.82, 2.24) is 10.2 Å². The number of benzene rings is 1. The van der Waals surface area contributed by atoms with Crippen molar-refractivity contribution in [2.75, 3.05) is 19.6 Å². The number of piperazine rings is 1. The largest absolute Gasteiger partial charge is 0.333 e. The van der Waals surface area contributed by atoms with Crippen LogP contribution in [-0.4, -0.2) is 36.5 Å². The van der Waals surface area contributed by atoms with Gasteiger partial charge in [-0.3, -0.25) is 4.79 Å². The van der Waals surface area contributed by atoms with E-state index in [4.69, 9.17) is 0 Å². The van der Waals surface area contributed by atoms with Crippen LogP contribution in [0, 0.1) is 6.92 Å². The van der Waals surface area contributed by atoms with E-state index in [-0.39, 0.29) is 24.4 Å². The van der Waals surface area contributed by atoms with Crippen molar-refractivity contribution >= 4 is 34.2 Å². The molecule has 0 saturated carbocycles. The van der Waals surface area contributed by atoms with Crippen molar-refractivity contribution in [3.8, 4) is 0 Å². The van der Waals surface area contributed by atoms with Crippen LogP contribution in [0.1, 0.15) is 22.8 Å². The van der Waals surface area contributed by atoms with Crippen LogP contribution in [0.15, 0.2) is 22.7 Å². The lowest BCUT2D eigenvalue weighted by atomic mass is 10.1. The Labute approximate surface area is 122 Å². The van der Waals surface area contributed by atoms with E-state index in [1.807, 2.05) is 30.0 Å². The van der Waals surface area contributed by atoms with Crippen LogP contribution in [-0.2, 0) is 0 Å². The first-order chi connectivity index (χ1) is 8.08. The summed E-state index contributed by atoms with van der Waals surface area (Å²) in [7, 11) is 0. The minimum Gasteiger partial charge on any atom is -0.333 e. The van der Waals surface area contributed by atoms with E-state index >= 15 is 0 Å². The van der Waals surface area contributed by atoms with Gasteiger partial charge in [0.15, 0.2) is 0 Å². The molecule has 1 amide bonds. The average molecular weight is 334 g/mol. The maximum absolute atomic E-state index is 12.4. The summed E-state index contributed by atoms with van der Waals surface area (Å²) in [6, 6.07) is 6.11. The minimum absolute atomic E-state index is 0. The molecule has 1 heterocycles. The van der Waals surface area contributed by atoms with Crippen molar-refractivity contribution in [2.45, 2.75) is 19.9 Å². The molecule has 0 aliphatic carbocycles. The molecule has 0 unspecified atom stereocenters. The van der Waals surface area contributed by atoms with Gasteiger partial charge in [-0.15, -0.1) is 12.4 Å². The Balaban J connectivity index is 0.00000162. The van der Waals surface area contributed by atoms with Crippen molar-refractivity contribution in [1.29, 1.82) is 0 Å². The number of amides is 1. The summed E-state index contributed by atoms with van der Waals surface area (Å²) in [5.41, 5.74) is 1.87. The van der Waals surface area contributed by atoms with Crippen LogP contribution in [0.25, 0.3) is 0 Å². The molecule has 0 spiro atoms. The fraction of sp³-hybridized carbons (Fsp3) is 0.462. The zero-order chi connectivity index (χ0) is 12.4. The standard InChI is InChI=1S/C13H17BrN2O.ClH/c1-9-5-11(7-12(14)6-9)13(17)16-4-3-15-8-10(16)2;/h5-7,10,15H,3-4,8H2,1-2H3;1H/t10-;/m1./s1. The van der Waals surface area contributed by atoms with E-state index in [1.165, 1.54) is 0 Å². The summed E-state index contributed by atoms with van der Waals surface area (Å²) in [6.07, 6.45) is 0. The molecule has 5 heteroatoms. The minimum atomic E-state index is 0. The van der Waals surface area contributed by atoms with Gasteiger partial charge in [-0.1, -0.05) is 15.9 Å². The summed E-state index contributed by atoms with van der Waals surface area (Å²) < 4.78 is 0.962. The van der Waals surface area contributed by atoms with Gasteiger partial charge in [-0.05, 0) is 37.6 Å². The van der Waals surface area contributed by atoms with E-state index in [1.54, 1.807) is 0 Å². The van der Waals surface area contributed by atoms with E-state index in [2.05, 4.69) is 28.2 Å². The van der Waals surface area contributed by atoms with Gasteiger partial charge in [-0.2, -0.15) is 0 Å². The van der Waals surface area contributed by atoms with Crippen LogP contribution in [0.3, 0.4) is 0 Å². The molecule has 0 radical (unpaired) electrons. The van der Waals surface area contributed by atoms with Gasteiger partial charge in [0.1, 0.15) is 0 Å². The maximum atomic E-state index is 12.4. The maximum Gasteiger partial charge on any atom is 0.254 e. The summed E-state index contributed by atoms with van der Waals surface area (Å²) in [5, 5.41) is 3.29. The van der Waals surface area contributed by atoms with Crippen molar-refractivity contribution in [2.24, 2.45) is 0 Å². The third kappa shape index (κ3) is 3.46. The number of carbonyl (C=O) groups is 1. The summed E-state index contributed by atoms with van der Waals surface area (Å²) in [5.74, 6) is 0.128. The van der Waals surface area contributed by atoms with Gasteiger partial charge in [0.25, 0.3) is 5.91 Å². The van der Waals surface area contributed by atoms with E-state index < -0.39 is 0 Å². The molecule has 1 aliphatic rings. The summed E-state index contributed by atoms with van der Waals surface area (Å²) in [6.45, 7) is 6.62. The predicted molar refractivity (Wildman–Crippen MR) is 79.5 cm³/mol. The van der Waals surface area contributed by atoms with Gasteiger partial charge >= 0.3 is 0 Å². The highest BCUT2D eigenvalue weighted by Gasteiger charge is 2.24. The number of aryl methyl sites for hydroxylation is 1. The molecule has 0 bridgehead atoms. The quantitative estimate of drug-likeness (QED) is 0.857. The molecule has 1 N–H and O–H groups in total. The van der Waals surface area contributed by atoms with Gasteiger partial charge in [0, 0.05) is 35.7 Å². The third-order valence-corrected chi connectivity index (χ3v) is 3.51. The molecule has 18 heavy (non-hydrogen) atoms. The Morgan fingerprint density at radius 3 is 2.78 bits per heavy atom. The number of halogens is 2. The first-order valence-corrected chi connectivity index (χ1v) is 6.66. The smallest absolute Gasteiger partial charge is 0.254 e. The second-order valence-electron chi connectivity index (χ2n) is 4.57. The number of nitrogens with zero attached hydrogens (tertiary/aromatic N) is 1. The Morgan fingerprint density at radius 1 is 1.44 bits per heavy atom. The predicted octanol–water partition coefficient (Wildman–Crippen LogP) is 2.61. The Bertz CT molecular complexity index is 419. The topological polar surface area (TPSA) is 32.3 Å². The molecule has 1 aliphatic heterocycles. The average Bonchev–Trinajstić information content (AvgIpc) is 2.27. The van der Waals surface area contributed by atoms with Gasteiger partial charge in [0.2, 0.25) is 0 Å². The first kappa shape index (κ1) is 15.5. The summed E-state index contributed by atoms with van der Waals surface area (Å²) >= 11 is 3.44. The molecule has 2 rings (SSSR count). The van der Waals surface area contributed by atoms with Crippen molar-refractivity contribution < 1.29 is 4.79 Å². The van der Waals surface area contributed by atoms with Crippen LogP contribution in [0.5, 0.6) is 0 Å². The van der Waals surface area contributed by atoms with E-state index in [0.29, 0.717) is 0 Å². The number of hydrogen-bond donors (Lipinski definition) is 1. The zero-order valence-corrected chi connectivity index (χ0v) is 13.0. The monoisotopic (exact) mass is 332 g/mol. The first-order valence-electron chi connectivity index (χ1n) is 5.87. The summed E-state index contributed by atoms with van der Waals surface area (Å²) in [4.78, 5) is 14.3. The molecule has 1 fully saturated rings. The Morgan fingerprint density at radius 2 is 2.17 bits per heavy atom. The molecular formula is C13H18BrClN2O. The lowest BCUT2D eigenvalue weighted by Gasteiger charge is -2.34. The van der Waals surface area contributed by atoms with Crippen LogP contribution >= 0.6 is 28.3 Å². The normalized spacial score (nSPS) is 19.3. The lowest BCUT2D eigenvalue weighted by molar-refractivity contribution is 0.0655. The third-order valence-electron chi connectivity index (χ3n) is 3.05. The molecule has 1 aromatic carbocycles. The Hall–Kier alpha value is -0.580. The molecule has 1 saturated heterocycles. The highest BCUT2D eigenvalue weighted by atomic mass is 79.9. The van der Waals surface area contributed by atoms with Gasteiger partial charge in [0.05, 0.1) is 0 Å². The molecule has 3 nitrogen and oxygen atoms in total. The second kappa shape index (κ2) is 6.55. The highest BCUT2D eigenvalue weighted by Crippen LogP contribution is 2.18. The number of hydrogen-bond acceptors (Lipinski definition) is 2. The lowest BCUT2D eigenvalue weighted by Crippen LogP contribution is -2.52. The van der Waals surface area contributed by atoms with Crippen molar-refractivity contribution in [3.05, 3.63) is 33.8 Å². The van der Waals surface area contributed by atoms with Crippen LogP contribution in [0.2, 0.25) is 0 Å². The highest BCUT2D eigenvalue weighted by molar-refractivity contribution is 9.10. The van der Waals surface area contributed by atoms with Crippen LogP contribution < -0.4 is 5.32 Å². The second-order valence-corrected chi connectivity index (χ2v) is 5.48. The SMILES string of the molecule is Cc1cc(Br)cc(C(=O)N2CCNC[C@H]2C)c1.Cl. The number of carbonyl (C=O) groups excluding carboxylic acids is 1. The van der Waals surface area contributed by atoms with Crippen molar-refractivity contribution in [3.63, 3.8) is 0 Å².